The Morgan fingerprint density at radius 1 is 1.19 bits per heavy atom. The number of amides is 1. The second-order valence-corrected chi connectivity index (χ2v) is 6.01. The Hall–Kier alpha value is -1.55. The molecule has 1 aromatic carbocycles. The van der Waals surface area contributed by atoms with E-state index in [-0.39, 0.29) is 11.9 Å². The van der Waals surface area contributed by atoms with E-state index in [1.807, 2.05) is 19.1 Å². The summed E-state index contributed by atoms with van der Waals surface area (Å²) in [6.07, 6.45) is 6.42. The molecule has 0 saturated carbocycles. The van der Waals surface area contributed by atoms with Crippen LogP contribution in [0.5, 0.6) is 0 Å². The van der Waals surface area contributed by atoms with Crippen LogP contribution in [-0.2, 0) is 4.79 Å². The summed E-state index contributed by atoms with van der Waals surface area (Å²) in [6.45, 7) is 4.20. The third-order valence-corrected chi connectivity index (χ3v) is 3.95. The van der Waals surface area contributed by atoms with Crippen molar-refractivity contribution in [3.8, 4) is 0 Å². The second-order valence-electron chi connectivity index (χ2n) is 6.01. The highest BCUT2D eigenvalue weighted by Gasteiger charge is 2.10. The first-order valence-corrected chi connectivity index (χ1v) is 8.05. The molecule has 0 aliphatic carbocycles. The Kier molecular flexibility index (Phi) is 6.05. The van der Waals surface area contributed by atoms with Crippen molar-refractivity contribution in [3.05, 3.63) is 24.3 Å². The summed E-state index contributed by atoms with van der Waals surface area (Å²) in [6, 6.07) is 8.26. The average molecular weight is 289 g/mol. The molecule has 1 saturated heterocycles. The molecule has 0 radical (unpaired) electrons. The van der Waals surface area contributed by atoms with Crippen LogP contribution in [0.25, 0.3) is 0 Å². The van der Waals surface area contributed by atoms with Gasteiger partial charge in [0, 0.05) is 36.9 Å². The van der Waals surface area contributed by atoms with Crippen molar-refractivity contribution in [2.24, 2.45) is 5.73 Å². The summed E-state index contributed by atoms with van der Waals surface area (Å²) in [4.78, 5) is 14.2. The molecule has 1 fully saturated rings. The quantitative estimate of drug-likeness (QED) is 0.875. The van der Waals surface area contributed by atoms with Crippen molar-refractivity contribution in [3.63, 3.8) is 0 Å². The van der Waals surface area contributed by atoms with E-state index < -0.39 is 0 Å². The molecule has 1 aliphatic heterocycles. The molecule has 1 atom stereocenters. The molecule has 4 heteroatoms. The number of nitrogens with two attached hydrogens (primary N) is 1. The van der Waals surface area contributed by atoms with Gasteiger partial charge in [0.15, 0.2) is 0 Å². The maximum absolute atomic E-state index is 11.8. The van der Waals surface area contributed by atoms with Crippen LogP contribution in [0, 0.1) is 0 Å². The molecule has 1 unspecified atom stereocenters. The zero-order valence-electron chi connectivity index (χ0n) is 13.0. The lowest BCUT2D eigenvalue weighted by Crippen LogP contribution is -2.23. The number of nitrogens with one attached hydrogen (secondary N) is 1. The molecule has 0 bridgehead atoms. The van der Waals surface area contributed by atoms with Crippen molar-refractivity contribution in [1.29, 1.82) is 0 Å². The minimum atomic E-state index is 0.0369. The van der Waals surface area contributed by atoms with Crippen molar-refractivity contribution in [2.45, 2.75) is 51.5 Å². The number of carbonyl (C=O) groups excluding carboxylic acids is 1. The number of hydrogen-bond donors (Lipinski definition) is 2. The highest BCUT2D eigenvalue weighted by Crippen LogP contribution is 2.21. The maximum atomic E-state index is 11.8. The fourth-order valence-electron chi connectivity index (χ4n) is 2.67. The summed E-state index contributed by atoms with van der Waals surface area (Å²) >= 11 is 0. The number of benzene rings is 1. The molecular formula is C17H27N3O. The molecule has 116 valence electrons. The predicted molar refractivity (Wildman–Crippen MR) is 88.6 cm³/mol. The number of rotatable bonds is 5. The normalized spacial score (nSPS) is 17.1. The molecule has 3 N–H and O–H groups in total. The number of anilines is 2. The van der Waals surface area contributed by atoms with E-state index >= 15 is 0 Å². The van der Waals surface area contributed by atoms with Crippen LogP contribution in [0.15, 0.2) is 24.3 Å². The molecular weight excluding hydrogens is 262 g/mol. The first kappa shape index (κ1) is 15.8. The highest BCUT2D eigenvalue weighted by molar-refractivity contribution is 5.90. The minimum absolute atomic E-state index is 0.0369. The lowest BCUT2D eigenvalue weighted by atomic mass is 10.2. The van der Waals surface area contributed by atoms with Crippen LogP contribution < -0.4 is 16.0 Å². The van der Waals surface area contributed by atoms with Gasteiger partial charge in [-0.1, -0.05) is 12.8 Å². The molecule has 21 heavy (non-hydrogen) atoms. The van der Waals surface area contributed by atoms with Crippen LogP contribution in [0.3, 0.4) is 0 Å². The Labute approximate surface area is 127 Å². The molecule has 0 spiro atoms. The molecule has 0 aromatic heterocycles. The monoisotopic (exact) mass is 289 g/mol. The highest BCUT2D eigenvalue weighted by atomic mass is 16.1. The summed E-state index contributed by atoms with van der Waals surface area (Å²) < 4.78 is 0. The largest absolute Gasteiger partial charge is 0.372 e. The standard InChI is InChI=1S/C17H27N3O/c1-14(18)6-11-17(21)19-15-7-9-16(10-8-15)20-12-4-2-3-5-13-20/h7-10,14H,2-6,11-13,18H2,1H3,(H,19,21). The fourth-order valence-corrected chi connectivity index (χ4v) is 2.67. The van der Waals surface area contributed by atoms with E-state index in [4.69, 9.17) is 5.73 Å². The fraction of sp³-hybridized carbons (Fsp3) is 0.588. The van der Waals surface area contributed by atoms with Gasteiger partial charge in [0.05, 0.1) is 0 Å². The van der Waals surface area contributed by atoms with Gasteiger partial charge in [-0.15, -0.1) is 0 Å². The minimum Gasteiger partial charge on any atom is -0.372 e. The van der Waals surface area contributed by atoms with Gasteiger partial charge in [0.25, 0.3) is 0 Å². The van der Waals surface area contributed by atoms with E-state index in [9.17, 15) is 4.79 Å². The summed E-state index contributed by atoms with van der Waals surface area (Å²) in [7, 11) is 0. The van der Waals surface area contributed by atoms with Gasteiger partial charge in [-0.25, -0.2) is 0 Å². The van der Waals surface area contributed by atoms with Gasteiger partial charge in [-0.2, -0.15) is 0 Å². The third kappa shape index (κ3) is 5.38. The van der Waals surface area contributed by atoms with Crippen LogP contribution in [0.1, 0.15) is 45.4 Å². The zero-order valence-corrected chi connectivity index (χ0v) is 13.0. The second kappa shape index (κ2) is 8.03. The lowest BCUT2D eigenvalue weighted by molar-refractivity contribution is -0.116. The molecule has 1 aromatic rings. The molecule has 1 heterocycles. The number of hydrogen-bond acceptors (Lipinski definition) is 3. The topological polar surface area (TPSA) is 58.4 Å². The van der Waals surface area contributed by atoms with Crippen LogP contribution in [-0.4, -0.2) is 25.0 Å². The van der Waals surface area contributed by atoms with E-state index in [1.54, 1.807) is 0 Å². The van der Waals surface area contributed by atoms with E-state index in [2.05, 4.69) is 22.3 Å². The molecule has 1 aliphatic rings. The van der Waals surface area contributed by atoms with E-state index in [1.165, 1.54) is 31.4 Å². The smallest absolute Gasteiger partial charge is 0.224 e. The SMILES string of the molecule is CC(N)CCC(=O)Nc1ccc(N2CCCCCC2)cc1. The summed E-state index contributed by atoms with van der Waals surface area (Å²) in [5.41, 5.74) is 7.78. The van der Waals surface area contributed by atoms with Crippen LogP contribution in [0.4, 0.5) is 11.4 Å². The van der Waals surface area contributed by atoms with E-state index in [0.717, 1.165) is 25.2 Å². The Bertz CT molecular complexity index is 434. The van der Waals surface area contributed by atoms with Crippen LogP contribution >= 0.6 is 0 Å². The summed E-state index contributed by atoms with van der Waals surface area (Å²) in [5.74, 6) is 0.0369. The summed E-state index contributed by atoms with van der Waals surface area (Å²) in [5, 5.41) is 2.93. The number of carbonyl (C=O) groups is 1. The van der Waals surface area contributed by atoms with Crippen molar-refractivity contribution < 1.29 is 4.79 Å². The zero-order chi connectivity index (χ0) is 15.1. The van der Waals surface area contributed by atoms with Gasteiger partial charge >= 0.3 is 0 Å². The van der Waals surface area contributed by atoms with Gasteiger partial charge in [-0.05, 0) is 50.5 Å². The predicted octanol–water partition coefficient (Wildman–Crippen LogP) is 3.13. The van der Waals surface area contributed by atoms with Crippen LogP contribution in [0.2, 0.25) is 0 Å². The third-order valence-electron chi connectivity index (χ3n) is 3.95. The Morgan fingerprint density at radius 2 is 1.81 bits per heavy atom. The van der Waals surface area contributed by atoms with Crippen molar-refractivity contribution in [2.75, 3.05) is 23.3 Å². The average Bonchev–Trinajstić information content (AvgIpc) is 2.75. The Morgan fingerprint density at radius 3 is 2.38 bits per heavy atom. The van der Waals surface area contributed by atoms with Gasteiger partial charge < -0.3 is 16.0 Å². The van der Waals surface area contributed by atoms with E-state index in [0.29, 0.717) is 6.42 Å². The van der Waals surface area contributed by atoms with Gasteiger partial charge in [-0.3, -0.25) is 4.79 Å². The maximum Gasteiger partial charge on any atom is 0.224 e. The molecule has 2 rings (SSSR count). The first-order chi connectivity index (χ1) is 10.1. The molecule has 1 amide bonds. The first-order valence-electron chi connectivity index (χ1n) is 8.05. The molecule has 4 nitrogen and oxygen atoms in total. The number of nitrogens with zero attached hydrogens (tertiary/aromatic N) is 1. The van der Waals surface area contributed by atoms with Crippen molar-refractivity contribution in [1.82, 2.24) is 0 Å². The van der Waals surface area contributed by atoms with Gasteiger partial charge in [0.1, 0.15) is 0 Å². The van der Waals surface area contributed by atoms with Crippen molar-refractivity contribution >= 4 is 17.3 Å². The lowest BCUT2D eigenvalue weighted by Gasteiger charge is -2.22. The van der Waals surface area contributed by atoms with Gasteiger partial charge in [0.2, 0.25) is 5.91 Å². The Balaban J connectivity index is 1.87.